The Morgan fingerprint density at radius 2 is 1.97 bits per heavy atom. The summed E-state index contributed by atoms with van der Waals surface area (Å²) in [5.74, 6) is 1.10. The Bertz CT molecular complexity index is 865. The fraction of sp³-hybridized carbons (Fsp3) is 0.478. The lowest BCUT2D eigenvalue weighted by atomic mass is 10.0. The molecule has 9 nitrogen and oxygen atoms in total. The molecule has 0 saturated carbocycles. The van der Waals surface area contributed by atoms with Gasteiger partial charge in [0.2, 0.25) is 5.91 Å². The number of furan rings is 1. The van der Waals surface area contributed by atoms with Gasteiger partial charge >= 0.3 is 0 Å². The van der Waals surface area contributed by atoms with Crippen molar-refractivity contribution in [1.29, 1.82) is 0 Å². The maximum atomic E-state index is 12.4. The van der Waals surface area contributed by atoms with Crippen LogP contribution in [0.15, 0.2) is 41.0 Å². The van der Waals surface area contributed by atoms with Crippen LogP contribution in [0.3, 0.4) is 0 Å². The van der Waals surface area contributed by atoms with Gasteiger partial charge in [-0.1, -0.05) is 6.07 Å². The molecule has 32 heavy (non-hydrogen) atoms. The Morgan fingerprint density at radius 3 is 2.66 bits per heavy atom. The molecular weight excluding hydrogens is 414 g/mol. The summed E-state index contributed by atoms with van der Waals surface area (Å²) in [6, 6.07) is 9.04. The summed E-state index contributed by atoms with van der Waals surface area (Å²) in [5, 5.41) is 5.68. The third-order valence-electron chi connectivity index (χ3n) is 5.23. The van der Waals surface area contributed by atoms with E-state index in [0.29, 0.717) is 37.9 Å². The average Bonchev–Trinajstić information content (AvgIpc) is 3.36. The summed E-state index contributed by atoms with van der Waals surface area (Å²) < 4.78 is 21.7. The summed E-state index contributed by atoms with van der Waals surface area (Å²) in [4.78, 5) is 26.6. The molecular formula is C23H31N3O6. The fourth-order valence-electron chi connectivity index (χ4n) is 3.60. The van der Waals surface area contributed by atoms with Crippen molar-refractivity contribution >= 4 is 11.8 Å². The highest BCUT2D eigenvalue weighted by Gasteiger charge is 2.24. The number of amides is 2. The van der Waals surface area contributed by atoms with Crippen LogP contribution in [-0.4, -0.2) is 69.8 Å². The van der Waals surface area contributed by atoms with Crippen LogP contribution in [-0.2, 0) is 9.53 Å². The van der Waals surface area contributed by atoms with Crippen LogP contribution >= 0.6 is 0 Å². The van der Waals surface area contributed by atoms with Crippen LogP contribution in [0.2, 0.25) is 0 Å². The standard InChI is InChI=1S/C23H31N3O6/c1-3-31-19-7-6-17(15-21(19)29-2)18(26-10-13-30-14-11-26)16-25-22(27)8-9-24-23(28)20-5-4-12-32-20/h4-7,12,15,18H,3,8-11,13-14,16H2,1-2H3,(H,24,28)(H,25,27)/t18-/m1/s1. The zero-order valence-corrected chi connectivity index (χ0v) is 18.6. The van der Waals surface area contributed by atoms with Gasteiger partial charge in [0, 0.05) is 32.6 Å². The molecule has 1 aliphatic heterocycles. The second kappa shape index (κ2) is 12.1. The van der Waals surface area contributed by atoms with E-state index in [0.717, 1.165) is 18.7 Å². The van der Waals surface area contributed by atoms with Crippen molar-refractivity contribution in [2.24, 2.45) is 0 Å². The van der Waals surface area contributed by atoms with Crippen LogP contribution in [0.1, 0.15) is 35.5 Å². The molecule has 2 heterocycles. The van der Waals surface area contributed by atoms with Crippen LogP contribution < -0.4 is 20.1 Å². The molecule has 0 radical (unpaired) electrons. The van der Waals surface area contributed by atoms with Gasteiger partial charge in [0.15, 0.2) is 17.3 Å². The van der Waals surface area contributed by atoms with Crippen molar-refractivity contribution in [2.45, 2.75) is 19.4 Å². The lowest BCUT2D eigenvalue weighted by Gasteiger charge is -2.35. The van der Waals surface area contributed by atoms with E-state index in [2.05, 4.69) is 15.5 Å². The maximum absolute atomic E-state index is 12.4. The highest BCUT2D eigenvalue weighted by atomic mass is 16.5. The third-order valence-corrected chi connectivity index (χ3v) is 5.23. The first-order valence-corrected chi connectivity index (χ1v) is 10.8. The molecule has 1 fully saturated rings. The highest BCUT2D eigenvalue weighted by Crippen LogP contribution is 2.32. The predicted molar refractivity (Wildman–Crippen MR) is 118 cm³/mol. The van der Waals surface area contributed by atoms with Crippen LogP contribution in [0, 0.1) is 0 Å². The molecule has 1 aliphatic rings. The third kappa shape index (κ3) is 6.48. The number of carbonyl (C=O) groups is 2. The number of ether oxygens (including phenoxy) is 3. The number of carbonyl (C=O) groups excluding carboxylic acids is 2. The van der Waals surface area contributed by atoms with Gasteiger partial charge in [-0.15, -0.1) is 0 Å². The molecule has 1 saturated heterocycles. The van der Waals surface area contributed by atoms with E-state index in [1.165, 1.54) is 6.26 Å². The first-order valence-electron chi connectivity index (χ1n) is 10.8. The molecule has 174 valence electrons. The van der Waals surface area contributed by atoms with Crippen molar-refractivity contribution in [3.8, 4) is 11.5 Å². The SMILES string of the molecule is CCOc1ccc([C@@H](CNC(=O)CCNC(=O)c2ccco2)N2CCOCC2)cc1OC. The van der Waals surface area contributed by atoms with E-state index >= 15 is 0 Å². The first-order chi connectivity index (χ1) is 15.6. The quantitative estimate of drug-likeness (QED) is 0.545. The van der Waals surface area contributed by atoms with Gasteiger partial charge in [-0.05, 0) is 36.8 Å². The van der Waals surface area contributed by atoms with E-state index in [9.17, 15) is 9.59 Å². The number of nitrogens with one attached hydrogen (secondary N) is 2. The molecule has 0 spiro atoms. The van der Waals surface area contributed by atoms with Crippen LogP contribution in [0.4, 0.5) is 0 Å². The Balaban J connectivity index is 1.59. The van der Waals surface area contributed by atoms with Gasteiger partial charge in [0.05, 0.1) is 39.2 Å². The van der Waals surface area contributed by atoms with Gasteiger partial charge in [-0.25, -0.2) is 0 Å². The molecule has 3 rings (SSSR count). The van der Waals surface area contributed by atoms with Gasteiger partial charge in [0.25, 0.3) is 5.91 Å². The normalized spacial score (nSPS) is 15.1. The molecule has 1 atom stereocenters. The molecule has 0 unspecified atom stereocenters. The maximum Gasteiger partial charge on any atom is 0.286 e. The molecule has 1 aromatic carbocycles. The zero-order chi connectivity index (χ0) is 22.8. The monoisotopic (exact) mass is 445 g/mol. The molecule has 1 aromatic heterocycles. The topological polar surface area (TPSA) is 102 Å². The molecule has 2 N–H and O–H groups in total. The first kappa shape index (κ1) is 23.6. The summed E-state index contributed by atoms with van der Waals surface area (Å²) in [6.07, 6.45) is 1.61. The predicted octanol–water partition coefficient (Wildman–Crippen LogP) is 2.00. The highest BCUT2D eigenvalue weighted by molar-refractivity contribution is 5.91. The number of hydrogen-bond donors (Lipinski definition) is 2. The van der Waals surface area contributed by atoms with Crippen molar-refractivity contribution in [2.75, 3.05) is 53.1 Å². The largest absolute Gasteiger partial charge is 0.493 e. The second-order valence-corrected chi connectivity index (χ2v) is 7.29. The number of methoxy groups -OCH3 is 1. The van der Waals surface area contributed by atoms with Gasteiger partial charge < -0.3 is 29.3 Å². The van der Waals surface area contributed by atoms with E-state index in [1.54, 1.807) is 19.2 Å². The summed E-state index contributed by atoms with van der Waals surface area (Å²) >= 11 is 0. The Morgan fingerprint density at radius 1 is 1.16 bits per heavy atom. The minimum Gasteiger partial charge on any atom is -0.493 e. The Kier molecular flexibility index (Phi) is 8.94. The Hall–Kier alpha value is -3.04. The van der Waals surface area contributed by atoms with Gasteiger partial charge in [-0.3, -0.25) is 14.5 Å². The van der Waals surface area contributed by atoms with Crippen molar-refractivity contribution < 1.29 is 28.2 Å². The lowest BCUT2D eigenvalue weighted by Crippen LogP contribution is -2.44. The summed E-state index contributed by atoms with van der Waals surface area (Å²) in [7, 11) is 1.62. The fourth-order valence-corrected chi connectivity index (χ4v) is 3.60. The van der Waals surface area contributed by atoms with Crippen LogP contribution in [0.25, 0.3) is 0 Å². The van der Waals surface area contributed by atoms with Crippen molar-refractivity contribution in [3.63, 3.8) is 0 Å². The van der Waals surface area contributed by atoms with E-state index in [-0.39, 0.29) is 36.6 Å². The van der Waals surface area contributed by atoms with Gasteiger partial charge in [-0.2, -0.15) is 0 Å². The summed E-state index contributed by atoms with van der Waals surface area (Å²) in [5.41, 5.74) is 1.03. The minimum atomic E-state index is -0.338. The molecule has 2 amide bonds. The molecule has 2 aromatic rings. The number of hydrogen-bond acceptors (Lipinski definition) is 7. The average molecular weight is 446 g/mol. The zero-order valence-electron chi connectivity index (χ0n) is 18.6. The van der Waals surface area contributed by atoms with E-state index < -0.39 is 0 Å². The minimum absolute atomic E-state index is 0.0369. The second-order valence-electron chi connectivity index (χ2n) is 7.29. The molecule has 0 aliphatic carbocycles. The lowest BCUT2D eigenvalue weighted by molar-refractivity contribution is -0.121. The van der Waals surface area contributed by atoms with E-state index in [4.69, 9.17) is 18.6 Å². The molecule has 9 heteroatoms. The molecule has 0 bridgehead atoms. The van der Waals surface area contributed by atoms with Crippen molar-refractivity contribution in [3.05, 3.63) is 47.9 Å². The van der Waals surface area contributed by atoms with Crippen molar-refractivity contribution in [1.82, 2.24) is 15.5 Å². The number of morpholine rings is 1. The summed E-state index contributed by atoms with van der Waals surface area (Å²) in [6.45, 7) is 5.98. The van der Waals surface area contributed by atoms with Gasteiger partial charge in [0.1, 0.15) is 0 Å². The number of benzene rings is 1. The Labute approximate surface area is 188 Å². The van der Waals surface area contributed by atoms with Crippen LogP contribution in [0.5, 0.6) is 11.5 Å². The number of rotatable bonds is 11. The van der Waals surface area contributed by atoms with E-state index in [1.807, 2.05) is 25.1 Å². The number of nitrogens with zero attached hydrogens (tertiary/aromatic N) is 1. The smallest absolute Gasteiger partial charge is 0.286 e.